The normalized spacial score (nSPS) is 20.3. The van der Waals surface area contributed by atoms with Crippen molar-refractivity contribution in [2.45, 2.75) is 0 Å². The van der Waals surface area contributed by atoms with Crippen LogP contribution in [0.1, 0.15) is 11.1 Å². The van der Waals surface area contributed by atoms with Gasteiger partial charge in [0, 0.05) is 0 Å². The van der Waals surface area contributed by atoms with Crippen molar-refractivity contribution >= 4 is 42.1 Å². The van der Waals surface area contributed by atoms with Crippen LogP contribution in [0.2, 0.25) is 0 Å². The summed E-state index contributed by atoms with van der Waals surface area (Å²) in [6.07, 6.45) is 13.8. The Morgan fingerprint density at radius 2 is 1.38 bits per heavy atom. The van der Waals surface area contributed by atoms with Gasteiger partial charge in [-0.05, 0) is 0 Å². The molecule has 6 rings (SSSR count). The maximum atomic E-state index is 5.99. The molecule has 2 aromatic rings. The second-order valence-corrected chi connectivity index (χ2v) is 11.8. The van der Waals surface area contributed by atoms with E-state index in [-0.39, 0.29) is 15.0 Å². The minimum atomic E-state index is 0.188. The molecule has 5 nitrogen and oxygen atoms in total. The molecule has 0 atom stereocenters. The Morgan fingerprint density at radius 1 is 0.730 bits per heavy atom. The van der Waals surface area contributed by atoms with Crippen molar-refractivity contribution < 1.29 is 14.0 Å². The van der Waals surface area contributed by atoms with Gasteiger partial charge in [-0.3, -0.25) is 0 Å². The number of anilines is 2. The summed E-state index contributed by atoms with van der Waals surface area (Å²) < 4.78 is 16.2. The van der Waals surface area contributed by atoms with Gasteiger partial charge in [-0.25, -0.2) is 0 Å². The number of morpholine rings is 2. The Labute approximate surface area is 225 Å². The molecule has 2 aromatic carbocycles. The van der Waals surface area contributed by atoms with E-state index in [2.05, 4.69) is 82.3 Å². The third kappa shape index (κ3) is 5.58. The first-order valence-corrected chi connectivity index (χ1v) is 14.6. The molecular weight excluding hydrogens is 525 g/mol. The van der Waals surface area contributed by atoms with Crippen molar-refractivity contribution in [3.05, 3.63) is 106 Å². The first kappa shape index (κ1) is 24.2. The van der Waals surface area contributed by atoms with Gasteiger partial charge in [0.15, 0.2) is 0 Å². The summed E-state index contributed by atoms with van der Waals surface area (Å²) in [6, 6.07) is 17.3. The van der Waals surface area contributed by atoms with Gasteiger partial charge in [0.1, 0.15) is 0 Å². The van der Waals surface area contributed by atoms with Crippen molar-refractivity contribution in [2.24, 2.45) is 0 Å². The number of nitrogen functional groups attached to an aromatic ring is 1. The van der Waals surface area contributed by atoms with Gasteiger partial charge in [-0.1, -0.05) is 0 Å². The Hall–Kier alpha value is -3.15. The number of nitrogens with two attached hydrogens (primary N) is 1. The summed E-state index contributed by atoms with van der Waals surface area (Å²) in [4.78, 5) is 2.40. The minimum absolute atomic E-state index is 0.188. The number of ether oxygens (including phenoxy) is 2. The van der Waals surface area contributed by atoms with E-state index in [1.165, 1.54) is 42.6 Å². The molecule has 37 heavy (non-hydrogen) atoms. The zero-order valence-electron chi connectivity index (χ0n) is 20.9. The topological polar surface area (TPSA) is 50.7 Å². The number of rotatable bonds is 3. The molecule has 0 bridgehead atoms. The molecule has 3 aliphatic heterocycles. The van der Waals surface area contributed by atoms with Crippen LogP contribution in [-0.2, 0) is 9.47 Å². The zero-order chi connectivity index (χ0) is 25.0. The first-order valence-electron chi connectivity index (χ1n) is 12.9. The van der Waals surface area contributed by atoms with Crippen LogP contribution in [0.4, 0.5) is 11.4 Å². The average molecular weight is 558 g/mol. The molecule has 0 amide bonds. The van der Waals surface area contributed by atoms with Crippen LogP contribution in [0.5, 0.6) is 0 Å². The van der Waals surface area contributed by atoms with Crippen LogP contribution >= 0.6 is 0 Å². The molecule has 2 fully saturated rings. The van der Waals surface area contributed by atoms with Gasteiger partial charge in [0.25, 0.3) is 0 Å². The van der Waals surface area contributed by atoms with E-state index in [1.807, 2.05) is 12.1 Å². The molecular formula is C31H32N3O2Se+. The van der Waals surface area contributed by atoms with Crippen molar-refractivity contribution in [1.29, 1.82) is 0 Å². The molecule has 2 N–H and O–H groups in total. The maximum absolute atomic E-state index is 5.99. The molecule has 0 saturated carbocycles. The SMILES string of the molecule is Nc1ccc(C2=CC(c3ccc(N4CCOCC4)cc3)=CC(=C3C=CC(=[N+]4CCOCC4)C=C3)[Se]2)cc1. The number of hydrogen-bond donors (Lipinski definition) is 1. The molecule has 188 valence electrons. The monoisotopic (exact) mass is 558 g/mol. The summed E-state index contributed by atoms with van der Waals surface area (Å²) in [5.41, 5.74) is 14.3. The summed E-state index contributed by atoms with van der Waals surface area (Å²) >= 11 is 0.188. The zero-order valence-corrected chi connectivity index (χ0v) is 22.6. The van der Waals surface area contributed by atoms with Gasteiger partial charge in [0.2, 0.25) is 0 Å². The van der Waals surface area contributed by atoms with E-state index in [0.717, 1.165) is 58.3 Å². The molecule has 0 spiro atoms. The van der Waals surface area contributed by atoms with E-state index in [9.17, 15) is 0 Å². The van der Waals surface area contributed by atoms with Crippen molar-refractivity contribution in [3.63, 3.8) is 0 Å². The molecule has 2 saturated heterocycles. The van der Waals surface area contributed by atoms with Crippen LogP contribution in [0.25, 0.3) is 10.0 Å². The van der Waals surface area contributed by atoms with E-state index in [4.69, 9.17) is 15.2 Å². The fourth-order valence-electron chi connectivity index (χ4n) is 4.94. The summed E-state index contributed by atoms with van der Waals surface area (Å²) in [5, 5.41) is 0. The third-order valence-corrected chi connectivity index (χ3v) is 9.50. The molecule has 0 radical (unpaired) electrons. The van der Waals surface area contributed by atoms with E-state index < -0.39 is 0 Å². The first-order chi connectivity index (χ1) is 18.2. The van der Waals surface area contributed by atoms with Crippen molar-refractivity contribution in [2.75, 3.05) is 63.2 Å². The van der Waals surface area contributed by atoms with Crippen LogP contribution in [-0.4, -0.2) is 77.9 Å². The molecule has 0 unspecified atom stereocenters. The number of benzene rings is 2. The van der Waals surface area contributed by atoms with Gasteiger partial charge in [0.05, 0.1) is 0 Å². The summed E-state index contributed by atoms with van der Waals surface area (Å²) in [7, 11) is 0. The van der Waals surface area contributed by atoms with Crippen molar-refractivity contribution in [3.8, 4) is 0 Å². The van der Waals surface area contributed by atoms with Crippen LogP contribution in [0.15, 0.2) is 95.0 Å². The van der Waals surface area contributed by atoms with E-state index in [0.29, 0.717) is 0 Å². The molecule has 4 aliphatic rings. The predicted octanol–water partition coefficient (Wildman–Crippen LogP) is 4.11. The van der Waals surface area contributed by atoms with Gasteiger partial charge < -0.3 is 0 Å². The van der Waals surface area contributed by atoms with Crippen LogP contribution < -0.4 is 10.6 Å². The number of nitrogens with zero attached hydrogens (tertiary/aromatic N) is 2. The van der Waals surface area contributed by atoms with Gasteiger partial charge in [-0.2, -0.15) is 0 Å². The summed E-state index contributed by atoms with van der Waals surface area (Å²) in [5.74, 6) is 0. The number of hydrogen-bond acceptors (Lipinski definition) is 4. The Bertz CT molecular complexity index is 1320. The quantitative estimate of drug-likeness (QED) is 0.351. The Kier molecular flexibility index (Phi) is 7.24. The van der Waals surface area contributed by atoms with E-state index >= 15 is 0 Å². The Morgan fingerprint density at radius 3 is 2.08 bits per heavy atom. The standard InChI is InChI=1S/C31H31N3O2Se/c32-27-7-1-24(2-8-27)30-21-26(23-3-9-28(10-4-23)33-13-17-35-18-14-33)22-31(37-30)25-5-11-29(12-6-25)34-15-19-36-20-16-34/h1-12,21-22,32H,13-20H2/p+1. The average Bonchev–Trinajstić information content (AvgIpc) is 2.98. The van der Waals surface area contributed by atoms with Gasteiger partial charge in [-0.15, -0.1) is 0 Å². The Balaban J connectivity index is 1.34. The van der Waals surface area contributed by atoms with Crippen LogP contribution in [0, 0.1) is 0 Å². The molecule has 0 aromatic heterocycles. The second kappa shape index (κ2) is 11.1. The molecule has 1 aliphatic carbocycles. The van der Waals surface area contributed by atoms with Crippen LogP contribution in [0.3, 0.4) is 0 Å². The fraction of sp³-hybridized carbons (Fsp3) is 0.258. The summed E-state index contributed by atoms with van der Waals surface area (Å²) in [6.45, 7) is 7.00. The van der Waals surface area contributed by atoms with Crippen molar-refractivity contribution in [1.82, 2.24) is 0 Å². The molecule has 3 heterocycles. The van der Waals surface area contributed by atoms with Gasteiger partial charge >= 0.3 is 226 Å². The van der Waals surface area contributed by atoms with E-state index in [1.54, 1.807) is 0 Å². The molecule has 6 heteroatoms. The second-order valence-electron chi connectivity index (χ2n) is 9.49. The fourth-order valence-corrected chi connectivity index (χ4v) is 7.29. The third-order valence-electron chi connectivity index (χ3n) is 7.09. The predicted molar refractivity (Wildman–Crippen MR) is 153 cm³/mol. The number of allylic oxidation sites excluding steroid dienone is 9.